The molecule has 0 aliphatic carbocycles. The zero-order valence-corrected chi connectivity index (χ0v) is 6.03. The van der Waals surface area contributed by atoms with Gasteiger partial charge >= 0.3 is 0 Å². The Labute approximate surface area is 59.4 Å². The van der Waals surface area contributed by atoms with E-state index in [0.717, 1.165) is 0 Å². The highest BCUT2D eigenvalue weighted by molar-refractivity contribution is 5.72. The van der Waals surface area contributed by atoms with Crippen molar-refractivity contribution in [3.05, 3.63) is 12.4 Å². The summed E-state index contributed by atoms with van der Waals surface area (Å²) in [5.74, 6) is -0.0690. The molecule has 0 saturated heterocycles. The molecular weight excluding hydrogens is 130 g/mol. The molecule has 1 aliphatic rings. The lowest BCUT2D eigenvalue weighted by Crippen LogP contribution is -2.50. The van der Waals surface area contributed by atoms with Gasteiger partial charge in [-0.05, 0) is 0 Å². The molecule has 1 rings (SSSR count). The minimum atomic E-state index is -0.0690. The molecule has 1 aliphatic heterocycles. The number of amides is 1. The Morgan fingerprint density at radius 2 is 2.40 bits per heavy atom. The normalized spacial score (nSPS) is 29.0. The number of carbonyl (C=O) groups excluding carboxylic acids is 1. The molecule has 0 fully saturated rings. The molecule has 1 N–H and O–H groups in total. The predicted molar refractivity (Wildman–Crippen MR) is 37.6 cm³/mol. The molecule has 4 heteroatoms. The van der Waals surface area contributed by atoms with Crippen LogP contribution in [0.5, 0.6) is 0 Å². The standard InChI is InChI=1S/C6H9N3O/c1-6(10)8-9(2)4-3-7-5-9/h3-5H,1-2H3/p+1. The highest BCUT2D eigenvalue weighted by Gasteiger charge is 2.20. The minimum absolute atomic E-state index is 0.0690. The van der Waals surface area contributed by atoms with Crippen molar-refractivity contribution in [1.29, 1.82) is 0 Å². The lowest BCUT2D eigenvalue weighted by atomic mass is 10.7. The molecule has 10 heavy (non-hydrogen) atoms. The van der Waals surface area contributed by atoms with Crippen LogP contribution in [0.25, 0.3) is 0 Å². The molecule has 4 nitrogen and oxygen atoms in total. The molecule has 0 radical (unpaired) electrons. The molecule has 1 heterocycles. The van der Waals surface area contributed by atoms with Gasteiger partial charge in [-0.15, -0.1) is 0 Å². The van der Waals surface area contributed by atoms with Crippen LogP contribution in [0.15, 0.2) is 17.4 Å². The zero-order chi connectivity index (χ0) is 7.61. The second kappa shape index (κ2) is 2.22. The smallest absolute Gasteiger partial charge is 0.262 e. The van der Waals surface area contributed by atoms with Crippen LogP contribution in [0.3, 0.4) is 0 Å². The van der Waals surface area contributed by atoms with Gasteiger partial charge in [0.15, 0.2) is 0 Å². The number of carbonyl (C=O) groups is 1. The first-order chi connectivity index (χ1) is 4.62. The Morgan fingerprint density at radius 1 is 1.70 bits per heavy atom. The fourth-order valence-corrected chi connectivity index (χ4v) is 0.798. The highest BCUT2D eigenvalue weighted by Crippen LogP contribution is 2.00. The predicted octanol–water partition coefficient (Wildman–Crippen LogP) is -0.00280. The Bertz CT molecular complexity index is 195. The summed E-state index contributed by atoms with van der Waals surface area (Å²) in [6.45, 7) is 1.48. The summed E-state index contributed by atoms with van der Waals surface area (Å²) < 4.78 is 0.259. The molecule has 0 aromatic rings. The second-order valence-electron chi connectivity index (χ2n) is 2.38. The fourth-order valence-electron chi connectivity index (χ4n) is 0.798. The summed E-state index contributed by atoms with van der Waals surface area (Å²) in [6, 6.07) is 0. The lowest BCUT2D eigenvalue weighted by molar-refractivity contribution is -0.796. The van der Waals surface area contributed by atoms with Crippen LogP contribution in [0.4, 0.5) is 0 Å². The van der Waals surface area contributed by atoms with Gasteiger partial charge in [-0.25, -0.2) is 4.99 Å². The van der Waals surface area contributed by atoms with Crippen molar-refractivity contribution >= 4 is 12.2 Å². The maximum atomic E-state index is 10.6. The van der Waals surface area contributed by atoms with Crippen molar-refractivity contribution in [2.24, 2.45) is 4.99 Å². The number of aliphatic imine (C=N–C) groups is 1. The summed E-state index contributed by atoms with van der Waals surface area (Å²) >= 11 is 0. The van der Waals surface area contributed by atoms with Gasteiger partial charge in [0.05, 0.1) is 6.20 Å². The number of hydrogen-bond acceptors (Lipinski definition) is 2. The van der Waals surface area contributed by atoms with Gasteiger partial charge in [0.2, 0.25) is 6.34 Å². The van der Waals surface area contributed by atoms with Crippen LogP contribution in [0.1, 0.15) is 6.92 Å². The largest absolute Gasteiger partial charge is 0.270 e. The quantitative estimate of drug-likeness (QED) is 0.512. The van der Waals surface area contributed by atoms with Gasteiger partial charge in [-0.3, -0.25) is 4.79 Å². The van der Waals surface area contributed by atoms with Crippen molar-refractivity contribution in [2.75, 3.05) is 7.05 Å². The molecule has 1 amide bonds. The van der Waals surface area contributed by atoms with Crippen LogP contribution in [0.2, 0.25) is 0 Å². The average molecular weight is 140 g/mol. The van der Waals surface area contributed by atoms with E-state index in [4.69, 9.17) is 0 Å². The highest BCUT2D eigenvalue weighted by atomic mass is 16.2. The summed E-state index contributed by atoms with van der Waals surface area (Å²) in [5.41, 5.74) is 2.68. The number of nitrogens with zero attached hydrogens (tertiary/aromatic N) is 2. The average Bonchev–Trinajstić information content (AvgIpc) is 2.12. The third kappa shape index (κ3) is 1.41. The maximum absolute atomic E-state index is 10.6. The molecule has 0 bridgehead atoms. The van der Waals surface area contributed by atoms with Gasteiger partial charge in [0.25, 0.3) is 5.91 Å². The molecule has 0 spiro atoms. The second-order valence-corrected chi connectivity index (χ2v) is 2.38. The van der Waals surface area contributed by atoms with Crippen LogP contribution in [-0.2, 0) is 4.79 Å². The van der Waals surface area contributed by atoms with E-state index in [1.165, 1.54) is 6.92 Å². The monoisotopic (exact) mass is 140 g/mol. The fraction of sp³-hybridized carbons (Fsp3) is 0.333. The Balaban J connectivity index is 2.62. The van der Waals surface area contributed by atoms with Crippen molar-refractivity contribution in [1.82, 2.24) is 5.43 Å². The minimum Gasteiger partial charge on any atom is -0.270 e. The van der Waals surface area contributed by atoms with Gasteiger partial charge in [-0.2, -0.15) is 10.0 Å². The van der Waals surface area contributed by atoms with Gasteiger partial charge < -0.3 is 0 Å². The number of hydrogen-bond donors (Lipinski definition) is 1. The van der Waals surface area contributed by atoms with E-state index in [9.17, 15) is 4.79 Å². The van der Waals surface area contributed by atoms with Crippen molar-refractivity contribution in [3.8, 4) is 0 Å². The summed E-state index contributed by atoms with van der Waals surface area (Å²) in [4.78, 5) is 14.4. The van der Waals surface area contributed by atoms with Crippen LogP contribution in [0, 0.1) is 0 Å². The van der Waals surface area contributed by atoms with E-state index in [0.29, 0.717) is 0 Å². The molecular formula is C6H10N3O+. The van der Waals surface area contributed by atoms with Crippen molar-refractivity contribution < 1.29 is 9.39 Å². The molecule has 1 unspecified atom stereocenters. The van der Waals surface area contributed by atoms with Crippen molar-refractivity contribution in [3.63, 3.8) is 0 Å². The summed E-state index contributed by atoms with van der Waals surface area (Å²) in [7, 11) is 1.83. The molecule has 54 valence electrons. The summed E-state index contributed by atoms with van der Waals surface area (Å²) in [5, 5.41) is 0. The van der Waals surface area contributed by atoms with E-state index in [1.807, 2.05) is 7.05 Å². The molecule has 0 aromatic heterocycles. The first-order valence-electron chi connectivity index (χ1n) is 2.99. The van der Waals surface area contributed by atoms with Crippen LogP contribution < -0.4 is 5.43 Å². The van der Waals surface area contributed by atoms with E-state index < -0.39 is 0 Å². The lowest BCUT2D eigenvalue weighted by Gasteiger charge is -2.19. The molecule has 1 atom stereocenters. The Hall–Kier alpha value is -1.16. The van der Waals surface area contributed by atoms with Gasteiger partial charge in [0.1, 0.15) is 13.2 Å². The van der Waals surface area contributed by atoms with E-state index in [-0.39, 0.29) is 10.5 Å². The third-order valence-electron chi connectivity index (χ3n) is 1.17. The number of rotatable bonds is 1. The van der Waals surface area contributed by atoms with E-state index in [1.54, 1.807) is 18.7 Å². The van der Waals surface area contributed by atoms with E-state index in [2.05, 4.69) is 10.4 Å². The first kappa shape index (κ1) is 6.95. The third-order valence-corrected chi connectivity index (χ3v) is 1.17. The summed E-state index contributed by atoms with van der Waals surface area (Å²) in [6.07, 6.45) is 5.07. The van der Waals surface area contributed by atoms with Crippen LogP contribution >= 0.6 is 0 Å². The first-order valence-corrected chi connectivity index (χ1v) is 2.99. The number of quaternary nitrogens is 1. The Kier molecular flexibility index (Phi) is 1.55. The molecule has 0 saturated carbocycles. The Morgan fingerprint density at radius 3 is 2.80 bits per heavy atom. The van der Waals surface area contributed by atoms with Crippen molar-refractivity contribution in [2.45, 2.75) is 6.92 Å². The number of nitrogens with one attached hydrogen (secondary N) is 1. The van der Waals surface area contributed by atoms with Crippen LogP contribution in [-0.4, -0.2) is 23.9 Å². The van der Waals surface area contributed by atoms with Gasteiger partial charge in [-0.1, -0.05) is 0 Å². The maximum Gasteiger partial charge on any atom is 0.262 e. The van der Waals surface area contributed by atoms with Gasteiger partial charge in [0, 0.05) is 6.92 Å². The topological polar surface area (TPSA) is 41.5 Å². The SMILES string of the molecule is CC(=O)N[N+]1(C)C=CN=C1. The van der Waals surface area contributed by atoms with E-state index >= 15 is 0 Å². The molecule has 0 aromatic carbocycles. The zero-order valence-electron chi connectivity index (χ0n) is 6.03.